The van der Waals surface area contributed by atoms with Crippen molar-refractivity contribution in [1.82, 2.24) is 14.9 Å². The number of aryl methyl sites for hydroxylation is 1. The normalized spacial score (nSPS) is 12.0. The van der Waals surface area contributed by atoms with Crippen LogP contribution in [-0.4, -0.2) is 22.5 Å². The Morgan fingerprint density at radius 1 is 1.40 bits per heavy atom. The van der Waals surface area contributed by atoms with Gasteiger partial charge in [-0.1, -0.05) is 6.07 Å². The maximum absolute atomic E-state index is 11.8. The van der Waals surface area contributed by atoms with E-state index in [1.807, 2.05) is 49.9 Å². The molecule has 0 bridgehead atoms. The van der Waals surface area contributed by atoms with E-state index in [2.05, 4.69) is 15.6 Å². The van der Waals surface area contributed by atoms with Crippen LogP contribution in [0, 0.1) is 6.92 Å². The van der Waals surface area contributed by atoms with Gasteiger partial charge in [-0.2, -0.15) is 0 Å². The summed E-state index contributed by atoms with van der Waals surface area (Å²) in [6.07, 6.45) is 3.70. The summed E-state index contributed by atoms with van der Waals surface area (Å²) in [7, 11) is 3.60. The highest BCUT2D eigenvalue weighted by molar-refractivity contribution is 5.96. The van der Waals surface area contributed by atoms with Crippen LogP contribution in [-0.2, 0) is 7.05 Å². The Kier molecular flexibility index (Phi) is 4.08. The van der Waals surface area contributed by atoms with E-state index in [1.165, 1.54) is 0 Å². The lowest BCUT2D eigenvalue weighted by atomic mass is 10.1. The van der Waals surface area contributed by atoms with Crippen molar-refractivity contribution in [1.29, 1.82) is 0 Å². The van der Waals surface area contributed by atoms with Crippen molar-refractivity contribution in [2.75, 3.05) is 12.4 Å². The highest BCUT2D eigenvalue weighted by Crippen LogP contribution is 2.23. The van der Waals surface area contributed by atoms with Gasteiger partial charge in [-0.05, 0) is 31.5 Å². The number of nitrogens with one attached hydrogen (secondary N) is 2. The Labute approximate surface area is 119 Å². The Morgan fingerprint density at radius 2 is 2.15 bits per heavy atom. The van der Waals surface area contributed by atoms with Crippen LogP contribution in [0.4, 0.5) is 5.69 Å². The van der Waals surface area contributed by atoms with Gasteiger partial charge < -0.3 is 15.2 Å². The van der Waals surface area contributed by atoms with E-state index in [0.717, 1.165) is 17.1 Å². The molecule has 20 heavy (non-hydrogen) atoms. The first-order chi connectivity index (χ1) is 9.54. The van der Waals surface area contributed by atoms with Gasteiger partial charge in [0.25, 0.3) is 5.91 Å². The number of rotatable bonds is 4. The van der Waals surface area contributed by atoms with E-state index in [1.54, 1.807) is 13.2 Å². The number of hydrogen-bond acceptors (Lipinski definition) is 3. The predicted molar refractivity (Wildman–Crippen MR) is 79.8 cm³/mol. The van der Waals surface area contributed by atoms with Crippen molar-refractivity contribution in [3.8, 4) is 0 Å². The van der Waals surface area contributed by atoms with E-state index in [-0.39, 0.29) is 11.9 Å². The Balaban J connectivity index is 2.26. The van der Waals surface area contributed by atoms with Gasteiger partial charge in [0.2, 0.25) is 0 Å². The molecule has 0 fully saturated rings. The molecule has 1 atom stereocenters. The third-order valence-corrected chi connectivity index (χ3v) is 3.42. The fourth-order valence-electron chi connectivity index (χ4n) is 2.26. The molecule has 0 saturated heterocycles. The van der Waals surface area contributed by atoms with Gasteiger partial charge in [-0.25, -0.2) is 4.98 Å². The summed E-state index contributed by atoms with van der Waals surface area (Å²) in [5.74, 6) is 0.880. The maximum atomic E-state index is 11.8. The third kappa shape index (κ3) is 2.66. The molecule has 1 unspecified atom stereocenters. The first-order valence-corrected chi connectivity index (χ1v) is 6.60. The van der Waals surface area contributed by atoms with Gasteiger partial charge in [0.05, 0.1) is 6.04 Å². The summed E-state index contributed by atoms with van der Waals surface area (Å²) in [4.78, 5) is 16.1. The molecule has 0 aliphatic heterocycles. The van der Waals surface area contributed by atoms with Crippen LogP contribution in [0.1, 0.15) is 34.7 Å². The lowest BCUT2D eigenvalue weighted by Gasteiger charge is -2.18. The van der Waals surface area contributed by atoms with Crippen LogP contribution in [0.25, 0.3) is 0 Å². The molecule has 2 rings (SSSR count). The fourth-order valence-corrected chi connectivity index (χ4v) is 2.26. The standard InChI is InChI=1S/C15H20N4O/c1-10-12(15(20)16-3)6-5-7-13(10)18-11(2)14-17-8-9-19(14)4/h5-9,11,18H,1-4H3,(H,16,20). The van der Waals surface area contributed by atoms with Crippen molar-refractivity contribution in [3.05, 3.63) is 47.5 Å². The van der Waals surface area contributed by atoms with E-state index < -0.39 is 0 Å². The number of nitrogens with zero attached hydrogens (tertiary/aromatic N) is 2. The van der Waals surface area contributed by atoms with E-state index in [0.29, 0.717) is 5.56 Å². The number of carbonyl (C=O) groups excluding carboxylic acids is 1. The predicted octanol–water partition coefficient (Wildman–Crippen LogP) is 2.26. The zero-order valence-electron chi connectivity index (χ0n) is 12.3. The third-order valence-electron chi connectivity index (χ3n) is 3.42. The second-order valence-corrected chi connectivity index (χ2v) is 4.82. The number of benzene rings is 1. The van der Waals surface area contributed by atoms with Crippen LogP contribution >= 0.6 is 0 Å². The molecule has 0 spiro atoms. The van der Waals surface area contributed by atoms with Gasteiger partial charge in [0, 0.05) is 37.7 Å². The minimum absolute atomic E-state index is 0.0636. The van der Waals surface area contributed by atoms with Crippen molar-refractivity contribution < 1.29 is 4.79 Å². The van der Waals surface area contributed by atoms with Gasteiger partial charge >= 0.3 is 0 Å². The lowest BCUT2D eigenvalue weighted by molar-refractivity contribution is 0.0962. The summed E-state index contributed by atoms with van der Waals surface area (Å²) in [5, 5.41) is 6.07. The second kappa shape index (κ2) is 5.77. The molecule has 0 radical (unpaired) electrons. The molecule has 2 aromatic rings. The first-order valence-electron chi connectivity index (χ1n) is 6.60. The molecule has 1 aromatic carbocycles. The summed E-state index contributed by atoms with van der Waals surface area (Å²) < 4.78 is 1.98. The summed E-state index contributed by atoms with van der Waals surface area (Å²) >= 11 is 0. The summed E-state index contributed by atoms with van der Waals surface area (Å²) in [6.45, 7) is 3.99. The summed E-state index contributed by atoms with van der Waals surface area (Å²) in [5.41, 5.74) is 2.57. The van der Waals surface area contributed by atoms with Crippen LogP contribution in [0.5, 0.6) is 0 Å². The SMILES string of the molecule is CNC(=O)c1cccc(NC(C)c2nccn2C)c1C. The fraction of sp³-hybridized carbons (Fsp3) is 0.333. The largest absolute Gasteiger partial charge is 0.375 e. The van der Waals surface area contributed by atoms with E-state index >= 15 is 0 Å². The Hall–Kier alpha value is -2.30. The number of imidazole rings is 1. The first kappa shape index (κ1) is 14.1. The zero-order valence-corrected chi connectivity index (χ0v) is 12.3. The topological polar surface area (TPSA) is 59.0 Å². The summed E-state index contributed by atoms with van der Waals surface area (Å²) in [6, 6.07) is 5.74. The minimum Gasteiger partial charge on any atom is -0.375 e. The molecule has 5 heteroatoms. The number of anilines is 1. The van der Waals surface area contributed by atoms with Gasteiger partial charge in [0.15, 0.2) is 0 Å². The molecule has 1 heterocycles. The molecule has 1 aromatic heterocycles. The molecular weight excluding hydrogens is 252 g/mol. The Bertz CT molecular complexity index is 618. The maximum Gasteiger partial charge on any atom is 0.251 e. The minimum atomic E-state index is -0.0733. The van der Waals surface area contributed by atoms with Gasteiger partial charge in [-0.3, -0.25) is 4.79 Å². The van der Waals surface area contributed by atoms with Crippen LogP contribution in [0.2, 0.25) is 0 Å². The average molecular weight is 272 g/mol. The smallest absolute Gasteiger partial charge is 0.251 e. The molecule has 2 N–H and O–H groups in total. The van der Waals surface area contributed by atoms with Crippen molar-refractivity contribution in [2.45, 2.75) is 19.9 Å². The average Bonchev–Trinajstić information content (AvgIpc) is 2.86. The van der Waals surface area contributed by atoms with Crippen LogP contribution < -0.4 is 10.6 Å². The van der Waals surface area contributed by atoms with Crippen molar-refractivity contribution in [3.63, 3.8) is 0 Å². The highest BCUT2D eigenvalue weighted by atomic mass is 16.1. The monoisotopic (exact) mass is 272 g/mol. The molecular formula is C15H20N4O. The number of amides is 1. The second-order valence-electron chi connectivity index (χ2n) is 4.82. The van der Waals surface area contributed by atoms with Crippen molar-refractivity contribution in [2.24, 2.45) is 7.05 Å². The Morgan fingerprint density at radius 3 is 2.75 bits per heavy atom. The molecule has 1 amide bonds. The lowest BCUT2D eigenvalue weighted by Crippen LogP contribution is -2.20. The van der Waals surface area contributed by atoms with Crippen LogP contribution in [0.15, 0.2) is 30.6 Å². The molecule has 5 nitrogen and oxygen atoms in total. The molecule has 106 valence electrons. The quantitative estimate of drug-likeness (QED) is 0.897. The van der Waals surface area contributed by atoms with Crippen molar-refractivity contribution >= 4 is 11.6 Å². The van der Waals surface area contributed by atoms with Gasteiger partial charge in [-0.15, -0.1) is 0 Å². The molecule has 0 aliphatic carbocycles. The van der Waals surface area contributed by atoms with E-state index in [9.17, 15) is 4.79 Å². The number of carbonyl (C=O) groups is 1. The molecule has 0 saturated carbocycles. The number of hydrogen-bond donors (Lipinski definition) is 2. The van der Waals surface area contributed by atoms with Gasteiger partial charge in [0.1, 0.15) is 5.82 Å². The highest BCUT2D eigenvalue weighted by Gasteiger charge is 2.14. The number of aromatic nitrogens is 2. The zero-order chi connectivity index (χ0) is 14.7. The van der Waals surface area contributed by atoms with Crippen LogP contribution in [0.3, 0.4) is 0 Å². The van der Waals surface area contributed by atoms with E-state index in [4.69, 9.17) is 0 Å². The molecule has 0 aliphatic rings.